The van der Waals surface area contributed by atoms with Crippen LogP contribution in [0.1, 0.15) is 112 Å². The van der Waals surface area contributed by atoms with Gasteiger partial charge in [-0.3, -0.25) is 0 Å². The molecule has 0 spiro atoms. The fourth-order valence-corrected chi connectivity index (χ4v) is 6.82. The number of aromatic nitrogens is 1. The Bertz CT molecular complexity index is 2130. The predicted octanol–water partition coefficient (Wildman–Crippen LogP) is 8.46. The molecule has 0 aliphatic heterocycles. The lowest BCUT2D eigenvalue weighted by Gasteiger charge is -2.09. The third-order valence-corrected chi connectivity index (χ3v) is 9.23. The van der Waals surface area contributed by atoms with Crippen LogP contribution in [-0.2, 0) is 55.9 Å². The molecule has 0 unspecified atom stereocenters. The Morgan fingerprint density at radius 2 is 1.02 bits per heavy atom. The van der Waals surface area contributed by atoms with Crippen LogP contribution in [0.3, 0.4) is 0 Å². The van der Waals surface area contributed by atoms with Gasteiger partial charge in [-0.1, -0.05) is 35.6 Å². The first-order valence-electron chi connectivity index (χ1n) is 20.1. The third-order valence-electron chi connectivity index (χ3n) is 9.23. The van der Waals surface area contributed by atoms with Crippen molar-refractivity contribution in [3.8, 4) is 0 Å². The Morgan fingerprint density at radius 3 is 1.40 bits per heavy atom. The zero-order chi connectivity index (χ0) is 44.7. The molecule has 0 radical (unpaired) electrons. The van der Waals surface area contributed by atoms with Gasteiger partial charge < -0.3 is 36.6 Å². The van der Waals surface area contributed by atoms with Crippen LogP contribution < -0.4 is 17.2 Å². The smallest absolute Gasteiger partial charge is 0.342 e. The van der Waals surface area contributed by atoms with Crippen LogP contribution in [-0.4, -0.2) is 47.7 Å². The lowest BCUT2D eigenvalue weighted by molar-refractivity contribution is -0.137. The van der Waals surface area contributed by atoms with Gasteiger partial charge in [0.2, 0.25) is 0 Å². The highest BCUT2D eigenvalue weighted by Crippen LogP contribution is 2.36. The summed E-state index contributed by atoms with van der Waals surface area (Å²) in [7, 11) is 0. The van der Waals surface area contributed by atoms with Crippen LogP contribution in [0.4, 0.5) is 19.0 Å². The molecular formula is C43H59F3N4O7. The molecule has 14 heteroatoms. The van der Waals surface area contributed by atoms with Crippen molar-refractivity contribution < 1.29 is 52.9 Å². The van der Waals surface area contributed by atoms with E-state index in [1.54, 1.807) is 20.8 Å². The molecule has 2 aliphatic rings. The summed E-state index contributed by atoms with van der Waals surface area (Å²) < 4.78 is 76.2. The van der Waals surface area contributed by atoms with Crippen molar-refractivity contribution in [1.29, 1.82) is 0 Å². The molecule has 0 saturated heterocycles. The summed E-state index contributed by atoms with van der Waals surface area (Å²) in [6, 6.07) is 8.20. The molecule has 0 atom stereocenters. The molecule has 11 nitrogen and oxygen atoms in total. The number of carbonyl (C=O) groups excluding carboxylic acids is 3. The van der Waals surface area contributed by atoms with E-state index in [4.69, 9.17) is 37.4 Å². The van der Waals surface area contributed by atoms with E-state index in [1.807, 2.05) is 20.8 Å². The summed E-state index contributed by atoms with van der Waals surface area (Å²) >= 11 is 0. The number of fused-ring (bicyclic) bond motifs is 3. The number of nitrogen functional groups attached to an aromatic ring is 1. The van der Waals surface area contributed by atoms with Crippen molar-refractivity contribution in [2.75, 3.05) is 25.6 Å². The number of ether oxygens (including phenoxy) is 3. The van der Waals surface area contributed by atoms with Gasteiger partial charge in [0.1, 0.15) is 23.0 Å². The number of rotatable bonds is 9. The van der Waals surface area contributed by atoms with Crippen molar-refractivity contribution in [2.24, 2.45) is 11.5 Å². The van der Waals surface area contributed by atoms with Crippen LogP contribution in [0.5, 0.6) is 0 Å². The summed E-state index contributed by atoms with van der Waals surface area (Å²) in [6.07, 6.45) is 2.91. The van der Waals surface area contributed by atoms with E-state index in [0.29, 0.717) is 81.6 Å². The molecule has 4 aromatic rings. The van der Waals surface area contributed by atoms with Gasteiger partial charge in [0.25, 0.3) is 0 Å². The summed E-state index contributed by atoms with van der Waals surface area (Å²) in [6.45, 7) is 11.6. The average molecular weight is 805 g/mol. The van der Waals surface area contributed by atoms with Crippen LogP contribution in [0.2, 0.25) is 0 Å². The Hall–Kier alpha value is -5.92. The van der Waals surface area contributed by atoms with E-state index < -0.39 is 23.7 Å². The number of benzene rings is 3. The quantitative estimate of drug-likeness (QED) is 0.0728. The maximum Gasteiger partial charge on any atom is 0.342 e. The van der Waals surface area contributed by atoms with Gasteiger partial charge >= 0.3 is 17.9 Å². The molecule has 0 bridgehead atoms. The maximum absolute atomic E-state index is 13.6. The second-order valence-corrected chi connectivity index (χ2v) is 12.6. The summed E-state index contributed by atoms with van der Waals surface area (Å²) in [5.74, 6) is -2.94. The minimum atomic E-state index is -0.676. The van der Waals surface area contributed by atoms with E-state index in [0.717, 1.165) is 22.3 Å². The first-order valence-corrected chi connectivity index (χ1v) is 18.1. The van der Waals surface area contributed by atoms with Gasteiger partial charge in [-0.15, -0.1) is 0 Å². The maximum atomic E-state index is 13.6. The van der Waals surface area contributed by atoms with E-state index in [9.17, 15) is 32.8 Å². The molecule has 0 amide bonds. The normalized spacial score (nSPS) is 12.6. The Balaban J connectivity index is 0.000000836. The number of halogens is 3. The van der Waals surface area contributed by atoms with Crippen molar-refractivity contribution in [1.82, 2.24) is 4.73 Å². The molecule has 0 saturated carbocycles. The minimum Gasteiger partial charge on any atom is -0.462 e. The van der Waals surface area contributed by atoms with Crippen LogP contribution in [0.15, 0.2) is 47.8 Å². The fraction of sp³-hybridized carbons (Fsp3) is 0.372. The highest BCUT2D eigenvalue weighted by atomic mass is 19.1. The zero-order valence-electron chi connectivity index (χ0n) is 35.8. The minimum absolute atomic E-state index is 0. The van der Waals surface area contributed by atoms with Crippen molar-refractivity contribution in [3.63, 3.8) is 0 Å². The van der Waals surface area contributed by atoms with Crippen LogP contribution >= 0.6 is 0 Å². The Labute approximate surface area is 338 Å². The summed E-state index contributed by atoms with van der Waals surface area (Å²) in [5.41, 5.74) is 24.8. The number of aryl methyl sites for hydroxylation is 3. The Morgan fingerprint density at radius 1 is 0.649 bits per heavy atom. The standard InChI is InChI=1S/2C14H16FNO2.C13H15FN2O3.2CH4.2H2/c2*1-3-8-5-9(15)6-11-10(8)7-12(16)13(11)14(17)18-4-2;1-3-7-5-8(14)6-9-10(13(17)19-4-2)12(15)16(18)11(7)9;;;;/h2*5-6H,3-4,7,16H2,1-2H3;5-6,18H,3-4,15H2,1-2H3;2*1H4;2*1H/i;;;;;2*1+1D. The number of esters is 3. The SMILES string of the molecule is C.C.CCOC(=O)C1=C(N)Cc2c(CC)cc(F)cc21.CCOC(=O)C1=C(N)Cc2c(CC)cc(F)cc21.CCOC(=O)c1c(N)n(O)c2c(CC)cc(F)cc12.[2H][2H].[2H][2H]. The third kappa shape index (κ3) is 9.73. The highest BCUT2D eigenvalue weighted by molar-refractivity contribution is 6.20. The van der Waals surface area contributed by atoms with E-state index in [-0.39, 0.29) is 63.1 Å². The predicted molar refractivity (Wildman–Crippen MR) is 221 cm³/mol. The van der Waals surface area contributed by atoms with Gasteiger partial charge in [0, 0.05) is 35.6 Å². The number of hydrogen-bond acceptors (Lipinski definition) is 10. The molecule has 314 valence electrons. The number of nitrogens with two attached hydrogens (primary N) is 3. The van der Waals surface area contributed by atoms with Crippen molar-refractivity contribution >= 4 is 45.8 Å². The van der Waals surface area contributed by atoms with E-state index >= 15 is 0 Å². The van der Waals surface area contributed by atoms with E-state index in [1.165, 1.54) is 36.4 Å². The van der Waals surface area contributed by atoms with Crippen molar-refractivity contribution in [3.05, 3.63) is 110 Å². The lowest BCUT2D eigenvalue weighted by Crippen LogP contribution is -2.10. The second-order valence-electron chi connectivity index (χ2n) is 12.6. The molecular weight excluding hydrogens is 741 g/mol. The molecule has 2 aliphatic carbocycles. The van der Waals surface area contributed by atoms with Crippen molar-refractivity contribution in [2.45, 2.75) is 88.5 Å². The van der Waals surface area contributed by atoms with Gasteiger partial charge in [-0.2, -0.15) is 4.73 Å². The zero-order valence-corrected chi connectivity index (χ0v) is 31.8. The largest absolute Gasteiger partial charge is 0.462 e. The monoisotopic (exact) mass is 804 g/mol. The number of nitrogens with zero attached hydrogens (tertiary/aromatic N) is 1. The summed E-state index contributed by atoms with van der Waals surface area (Å²) in [4.78, 5) is 35.5. The van der Waals surface area contributed by atoms with Crippen LogP contribution in [0, 0.1) is 17.5 Å². The van der Waals surface area contributed by atoms with Crippen LogP contribution in [0.25, 0.3) is 22.0 Å². The topological polar surface area (TPSA) is 182 Å². The molecule has 0 fully saturated rings. The molecule has 1 heterocycles. The van der Waals surface area contributed by atoms with Gasteiger partial charge in [0.15, 0.2) is 5.82 Å². The average Bonchev–Trinajstić information content (AvgIpc) is 3.82. The fourth-order valence-electron chi connectivity index (χ4n) is 6.82. The number of anilines is 1. The highest BCUT2D eigenvalue weighted by Gasteiger charge is 2.30. The lowest BCUT2D eigenvalue weighted by atomic mass is 9.98. The first-order chi connectivity index (χ1) is 28.2. The molecule has 1 aromatic heterocycles. The number of allylic oxidation sites excluding steroid dienone is 2. The molecule has 57 heavy (non-hydrogen) atoms. The summed E-state index contributed by atoms with van der Waals surface area (Å²) in [5, 5.41) is 10.2. The van der Waals surface area contributed by atoms with E-state index in [2.05, 4.69) is 0 Å². The van der Waals surface area contributed by atoms with Gasteiger partial charge in [-0.25, -0.2) is 27.6 Å². The Kier molecular flexibility index (Phi) is 15.6. The molecule has 3 aromatic carbocycles. The number of hydrogen-bond donors (Lipinski definition) is 4. The molecule has 7 N–H and O–H groups in total. The van der Waals surface area contributed by atoms with Gasteiger partial charge in [-0.05, 0) is 115 Å². The second kappa shape index (κ2) is 20.3. The number of carbonyl (C=O) groups is 3. The first kappa shape index (κ1) is 43.8. The molecule has 6 rings (SSSR count). The van der Waals surface area contributed by atoms with Gasteiger partial charge in [0.05, 0.1) is 36.5 Å².